The van der Waals surface area contributed by atoms with Crippen LogP contribution >= 0.6 is 11.6 Å². The number of hydrogen-bond donors (Lipinski definition) is 1. The zero-order valence-electron chi connectivity index (χ0n) is 15.2. The molecular weight excluding hydrogens is 330 g/mol. The van der Waals surface area contributed by atoms with Crippen LogP contribution < -0.4 is 0 Å². The van der Waals surface area contributed by atoms with E-state index in [9.17, 15) is 9.90 Å². The molecule has 24 heavy (non-hydrogen) atoms. The zero-order chi connectivity index (χ0) is 18.1. The van der Waals surface area contributed by atoms with Crippen molar-refractivity contribution in [2.75, 3.05) is 13.1 Å². The van der Waals surface area contributed by atoms with Gasteiger partial charge < -0.3 is 14.7 Å². The number of nitrogens with zero attached hydrogens (tertiary/aromatic N) is 3. The number of aromatic nitrogens is 2. The first-order valence-electron chi connectivity index (χ1n) is 8.48. The van der Waals surface area contributed by atoms with E-state index in [1.165, 1.54) is 0 Å². The summed E-state index contributed by atoms with van der Waals surface area (Å²) in [6.45, 7) is 8.67. The van der Waals surface area contributed by atoms with Crippen molar-refractivity contribution < 1.29 is 14.6 Å². The van der Waals surface area contributed by atoms with E-state index >= 15 is 0 Å². The molecule has 0 aromatic carbocycles. The summed E-state index contributed by atoms with van der Waals surface area (Å²) in [5.41, 5.74) is 1.19. The number of halogens is 1. The fourth-order valence-electron chi connectivity index (χ4n) is 3.00. The highest BCUT2D eigenvalue weighted by molar-refractivity contribution is 6.31. The molecule has 0 saturated carbocycles. The summed E-state index contributed by atoms with van der Waals surface area (Å²) in [6, 6.07) is 0. The lowest BCUT2D eigenvalue weighted by Crippen LogP contribution is -2.36. The monoisotopic (exact) mass is 357 g/mol. The minimum absolute atomic E-state index is 0.0218. The maximum atomic E-state index is 12.1. The summed E-state index contributed by atoms with van der Waals surface area (Å²) < 4.78 is 7.14. The van der Waals surface area contributed by atoms with E-state index in [-0.39, 0.29) is 12.0 Å². The number of carbonyl (C=O) groups is 1. The van der Waals surface area contributed by atoms with E-state index in [1.807, 2.05) is 34.7 Å². The van der Waals surface area contributed by atoms with Gasteiger partial charge in [-0.1, -0.05) is 18.5 Å². The van der Waals surface area contributed by atoms with Crippen molar-refractivity contribution in [1.29, 1.82) is 0 Å². The van der Waals surface area contributed by atoms with Crippen molar-refractivity contribution in [2.45, 2.75) is 58.7 Å². The van der Waals surface area contributed by atoms with Crippen LogP contribution in [0.25, 0.3) is 0 Å². The molecule has 0 radical (unpaired) electrons. The Labute approximate surface area is 148 Å². The van der Waals surface area contributed by atoms with Crippen LogP contribution in [0.15, 0.2) is 0 Å². The summed E-state index contributed by atoms with van der Waals surface area (Å²) in [5, 5.41) is 15.6. The van der Waals surface area contributed by atoms with Gasteiger partial charge in [-0.25, -0.2) is 4.79 Å². The molecule has 2 atom stereocenters. The number of hydrogen-bond acceptors (Lipinski definition) is 4. The molecule has 1 aromatic rings. The van der Waals surface area contributed by atoms with Crippen LogP contribution in [0.4, 0.5) is 4.79 Å². The van der Waals surface area contributed by atoms with Crippen molar-refractivity contribution in [2.24, 2.45) is 13.0 Å². The maximum Gasteiger partial charge on any atom is 0.410 e. The van der Waals surface area contributed by atoms with Gasteiger partial charge in [0.25, 0.3) is 0 Å². The van der Waals surface area contributed by atoms with Gasteiger partial charge in [0.2, 0.25) is 0 Å². The second-order valence-electron chi connectivity index (χ2n) is 7.43. The van der Waals surface area contributed by atoms with Crippen LogP contribution in [0.3, 0.4) is 0 Å². The van der Waals surface area contributed by atoms with E-state index < -0.39 is 11.7 Å². The second kappa shape index (κ2) is 7.31. The topological polar surface area (TPSA) is 67.6 Å². The average Bonchev–Trinajstić information content (AvgIpc) is 3.05. The van der Waals surface area contributed by atoms with Gasteiger partial charge in [0.05, 0.1) is 22.5 Å². The van der Waals surface area contributed by atoms with E-state index in [0.29, 0.717) is 24.5 Å². The van der Waals surface area contributed by atoms with E-state index in [0.717, 1.165) is 24.2 Å². The predicted molar refractivity (Wildman–Crippen MR) is 93.2 cm³/mol. The fraction of sp³-hybridized carbons (Fsp3) is 0.765. The number of likely N-dealkylation sites (tertiary alicyclic amines) is 1. The molecule has 2 heterocycles. The molecule has 1 aliphatic rings. The van der Waals surface area contributed by atoms with Gasteiger partial charge in [0.15, 0.2) is 0 Å². The predicted octanol–water partition coefficient (Wildman–Crippen LogP) is 2.80. The van der Waals surface area contributed by atoms with Crippen LogP contribution in [0, 0.1) is 5.92 Å². The normalized spacial score (nSPS) is 19.6. The zero-order valence-corrected chi connectivity index (χ0v) is 15.9. The first-order valence-corrected chi connectivity index (χ1v) is 8.86. The van der Waals surface area contributed by atoms with Crippen molar-refractivity contribution >= 4 is 17.7 Å². The maximum absolute atomic E-state index is 12.1. The number of aliphatic hydroxyl groups is 1. The summed E-state index contributed by atoms with van der Waals surface area (Å²) in [7, 11) is 1.84. The van der Waals surface area contributed by atoms with Gasteiger partial charge in [0, 0.05) is 32.5 Å². The van der Waals surface area contributed by atoms with Crippen molar-refractivity contribution in [3.05, 3.63) is 16.4 Å². The van der Waals surface area contributed by atoms with Crippen LogP contribution in [-0.4, -0.2) is 50.7 Å². The Morgan fingerprint density at radius 3 is 2.71 bits per heavy atom. The lowest BCUT2D eigenvalue weighted by atomic mass is 9.97. The number of ether oxygens (including phenoxy) is 1. The van der Waals surface area contributed by atoms with Gasteiger partial charge in [-0.15, -0.1) is 0 Å². The Morgan fingerprint density at radius 1 is 1.50 bits per heavy atom. The smallest absolute Gasteiger partial charge is 0.410 e. The highest BCUT2D eigenvalue weighted by Gasteiger charge is 2.34. The molecule has 1 N–H and O–H groups in total. The minimum Gasteiger partial charge on any atom is -0.444 e. The number of aryl methyl sites for hydroxylation is 2. The van der Waals surface area contributed by atoms with E-state index in [1.54, 1.807) is 9.58 Å². The molecule has 1 aliphatic heterocycles. The molecule has 2 unspecified atom stereocenters. The summed E-state index contributed by atoms with van der Waals surface area (Å²) in [4.78, 5) is 13.8. The Kier molecular flexibility index (Phi) is 5.81. The summed E-state index contributed by atoms with van der Waals surface area (Å²) in [5.74, 6) is 0.0218. The van der Waals surface area contributed by atoms with Gasteiger partial charge in [0.1, 0.15) is 5.60 Å². The Morgan fingerprint density at radius 2 is 2.17 bits per heavy atom. The largest absolute Gasteiger partial charge is 0.444 e. The number of rotatable bonds is 4. The second-order valence-corrected chi connectivity index (χ2v) is 7.81. The molecule has 6 nitrogen and oxygen atoms in total. The summed E-state index contributed by atoms with van der Waals surface area (Å²) >= 11 is 6.35. The Bertz CT molecular complexity index is 595. The van der Waals surface area contributed by atoms with Crippen molar-refractivity contribution in [1.82, 2.24) is 14.7 Å². The molecule has 0 aliphatic carbocycles. The third-order valence-corrected chi connectivity index (χ3v) is 4.76. The van der Waals surface area contributed by atoms with Crippen LogP contribution in [0.2, 0.25) is 5.02 Å². The summed E-state index contributed by atoms with van der Waals surface area (Å²) in [6.07, 6.45) is 1.09. The highest BCUT2D eigenvalue weighted by Crippen LogP contribution is 2.27. The molecule has 0 bridgehead atoms. The van der Waals surface area contributed by atoms with E-state index in [4.69, 9.17) is 16.3 Å². The quantitative estimate of drug-likeness (QED) is 0.899. The lowest BCUT2D eigenvalue weighted by molar-refractivity contribution is 0.0268. The minimum atomic E-state index is -0.560. The first kappa shape index (κ1) is 19.1. The lowest BCUT2D eigenvalue weighted by Gasteiger charge is -2.25. The first-order chi connectivity index (χ1) is 11.1. The van der Waals surface area contributed by atoms with Crippen LogP contribution in [0.5, 0.6) is 0 Å². The number of amides is 1. The molecule has 0 spiro atoms. The molecule has 1 aromatic heterocycles. The molecule has 136 valence electrons. The molecule has 7 heteroatoms. The standard InChI is InChI=1S/C17H28ClN3O3/c1-6-12-15(18)13(20(5)19-12)9-14(22)11-7-8-21(10-11)16(23)24-17(2,3)4/h11,14,22H,6-10H2,1-5H3. The third-order valence-electron chi connectivity index (χ3n) is 4.33. The van der Waals surface area contributed by atoms with Crippen LogP contribution in [0.1, 0.15) is 45.5 Å². The molecular formula is C17H28ClN3O3. The van der Waals surface area contributed by atoms with Gasteiger partial charge >= 0.3 is 6.09 Å². The molecule has 1 amide bonds. The highest BCUT2D eigenvalue weighted by atomic mass is 35.5. The Balaban J connectivity index is 1.96. The SMILES string of the molecule is CCc1nn(C)c(CC(O)C2CCN(C(=O)OC(C)(C)C)C2)c1Cl. The van der Waals surface area contributed by atoms with Crippen molar-refractivity contribution in [3.63, 3.8) is 0 Å². The molecule has 2 rings (SSSR count). The van der Waals surface area contributed by atoms with Gasteiger partial charge in [-0.2, -0.15) is 5.10 Å². The fourth-order valence-corrected chi connectivity index (χ4v) is 3.37. The van der Waals surface area contributed by atoms with Gasteiger partial charge in [-0.05, 0) is 33.6 Å². The molecule has 1 fully saturated rings. The number of aliphatic hydroxyl groups excluding tert-OH is 1. The van der Waals surface area contributed by atoms with Gasteiger partial charge in [-0.3, -0.25) is 4.68 Å². The van der Waals surface area contributed by atoms with Crippen LogP contribution in [-0.2, 0) is 24.6 Å². The number of carbonyl (C=O) groups excluding carboxylic acids is 1. The molecule has 1 saturated heterocycles. The van der Waals surface area contributed by atoms with E-state index in [2.05, 4.69) is 5.10 Å². The third kappa shape index (κ3) is 4.42. The Hall–Kier alpha value is -1.27. The average molecular weight is 358 g/mol. The van der Waals surface area contributed by atoms with Crippen molar-refractivity contribution in [3.8, 4) is 0 Å².